The number of anilines is 10. The van der Waals surface area contributed by atoms with Crippen molar-refractivity contribution >= 4 is 144 Å². The summed E-state index contributed by atoms with van der Waals surface area (Å²) in [5, 5.41) is 16.7. The van der Waals surface area contributed by atoms with Gasteiger partial charge < -0.3 is 33.6 Å². The van der Waals surface area contributed by atoms with Gasteiger partial charge in [-0.2, -0.15) is 0 Å². The van der Waals surface area contributed by atoms with Crippen LogP contribution in [0.3, 0.4) is 0 Å². The topological polar surface area (TPSA) is 83.0 Å². The molecular formula is C117H76N6O3. The number of aromatic nitrogens is 2. The molecule has 2 aromatic heterocycles. The molecule has 1 N–H and O–H groups in total. The Balaban J connectivity index is 0.497. The fourth-order valence-corrected chi connectivity index (χ4v) is 18.7. The molecule has 9 nitrogen and oxygen atoms in total. The number of hydrogen-bond acceptors (Lipinski definition) is 9. The van der Waals surface area contributed by atoms with Crippen molar-refractivity contribution in [3.8, 4) is 84.3 Å². The Kier molecular flexibility index (Phi) is 17.8. The summed E-state index contributed by atoms with van der Waals surface area (Å²) in [4.78, 5) is 17.7. The minimum atomic E-state index is -0.296. The molecule has 126 heavy (non-hydrogen) atoms. The normalized spacial score (nSPS) is 12.5. The van der Waals surface area contributed by atoms with Crippen LogP contribution in [-0.4, -0.2) is 9.97 Å². The van der Waals surface area contributed by atoms with E-state index in [1.165, 1.54) is 5.56 Å². The van der Waals surface area contributed by atoms with Crippen LogP contribution in [0.5, 0.6) is 5.75 Å². The molecule has 1 atom stereocenters. The number of fused-ring (bicyclic) bond motifs is 18. The highest BCUT2D eigenvalue weighted by Gasteiger charge is 2.30. The number of nitrogens with one attached hydrogen (secondary N) is 1. The van der Waals surface area contributed by atoms with E-state index in [0.717, 1.165) is 216 Å². The third-order valence-corrected chi connectivity index (χ3v) is 24.9. The van der Waals surface area contributed by atoms with E-state index in [1.54, 1.807) is 0 Å². The van der Waals surface area contributed by atoms with E-state index in [0.29, 0.717) is 11.8 Å². The van der Waals surface area contributed by atoms with Crippen LogP contribution >= 0.6 is 0 Å². The number of para-hydroxylation sites is 3. The molecule has 23 aromatic rings. The summed E-state index contributed by atoms with van der Waals surface area (Å²) in [5.41, 5.74) is 27.7. The van der Waals surface area contributed by atoms with Gasteiger partial charge in [0.15, 0.2) is 23.1 Å². The molecule has 0 spiro atoms. The molecule has 3 heterocycles. The van der Waals surface area contributed by atoms with Gasteiger partial charge in [0.25, 0.3) is 0 Å². The van der Waals surface area contributed by atoms with E-state index < -0.39 is 0 Å². The standard InChI is InChI=1S/C117H76N6O3/c1-6-24-75(25-7-1)79-52-58-92(59-53-79)123(96-66-69-100-108(74-96)97-38-16-19-41-103(97)112-109(100)118-115(124-112)82-26-8-2-9-27-82)93-62-56-81(57-63-93)84-28-22-29-85(70-84)86-30-23-31-87(71-86)117-120-111-102-68-65-95(73-107(102)99-40-18-21-43-105(99)114(111)126-117)122(90-36-14-5-15-37-90)91-60-54-80(55-61-91)77-46-44-76(45-47-77)78-48-50-83(51-49-78)116-119-110-101-67-64-94(72-106(101)98-39-17-20-42-104(98)113(110)125-116)121(88-32-10-3-11-33-88)89-34-12-4-13-35-89/h1-74,115,118H. The molecule has 0 saturated carbocycles. The van der Waals surface area contributed by atoms with Crippen LogP contribution in [-0.2, 0) is 0 Å². The van der Waals surface area contributed by atoms with Gasteiger partial charge in [-0.05, 0) is 240 Å². The molecule has 0 amide bonds. The number of hydrogen-bond donors (Lipinski definition) is 1. The van der Waals surface area contributed by atoms with Crippen LogP contribution < -0.4 is 24.8 Å². The van der Waals surface area contributed by atoms with Crippen molar-refractivity contribution < 1.29 is 13.6 Å². The Labute approximate surface area is 727 Å². The summed E-state index contributed by atoms with van der Waals surface area (Å²) in [6.07, 6.45) is -0.296. The van der Waals surface area contributed by atoms with Crippen molar-refractivity contribution in [2.45, 2.75) is 6.23 Å². The molecule has 24 rings (SSSR count). The molecule has 1 unspecified atom stereocenters. The molecule has 592 valence electrons. The molecule has 0 saturated heterocycles. The fraction of sp³-hybridized carbons (Fsp3) is 0.00855. The van der Waals surface area contributed by atoms with Crippen molar-refractivity contribution in [2.24, 2.45) is 0 Å². The maximum absolute atomic E-state index is 6.98. The Morgan fingerprint density at radius 3 is 0.921 bits per heavy atom. The molecular weight excluding hydrogens is 1540 g/mol. The smallest absolute Gasteiger partial charge is 0.227 e. The van der Waals surface area contributed by atoms with Gasteiger partial charge in [0.1, 0.15) is 11.0 Å². The Hall–Kier alpha value is -16.9. The summed E-state index contributed by atoms with van der Waals surface area (Å²) >= 11 is 0. The van der Waals surface area contributed by atoms with Gasteiger partial charge in [0.05, 0.1) is 5.69 Å². The van der Waals surface area contributed by atoms with Crippen LogP contribution in [0, 0.1) is 0 Å². The van der Waals surface area contributed by atoms with Gasteiger partial charge in [-0.3, -0.25) is 0 Å². The molecule has 21 aromatic carbocycles. The number of rotatable bonds is 17. The van der Waals surface area contributed by atoms with E-state index >= 15 is 0 Å². The predicted octanol–water partition coefficient (Wildman–Crippen LogP) is 32.5. The maximum atomic E-state index is 6.98. The van der Waals surface area contributed by atoms with Gasteiger partial charge >= 0.3 is 0 Å². The quantitative estimate of drug-likeness (QED) is 0.0897. The van der Waals surface area contributed by atoms with E-state index in [9.17, 15) is 0 Å². The number of nitrogens with zero attached hydrogens (tertiary/aromatic N) is 5. The van der Waals surface area contributed by atoms with Gasteiger partial charge in [-0.25, -0.2) is 9.97 Å². The number of benzene rings is 21. The highest BCUT2D eigenvalue weighted by Crippen LogP contribution is 2.52. The van der Waals surface area contributed by atoms with Crippen LogP contribution in [0.1, 0.15) is 11.8 Å². The van der Waals surface area contributed by atoms with Crippen LogP contribution in [0.25, 0.3) is 165 Å². The van der Waals surface area contributed by atoms with Gasteiger partial charge in [0, 0.05) is 100 Å². The highest BCUT2D eigenvalue weighted by molar-refractivity contribution is 6.25. The third-order valence-electron chi connectivity index (χ3n) is 24.9. The zero-order valence-electron chi connectivity index (χ0n) is 68.3. The van der Waals surface area contributed by atoms with E-state index in [-0.39, 0.29) is 6.23 Å². The second-order valence-corrected chi connectivity index (χ2v) is 32.3. The third kappa shape index (κ3) is 13.0. The lowest BCUT2D eigenvalue weighted by molar-refractivity contribution is 0.262. The van der Waals surface area contributed by atoms with E-state index in [1.807, 2.05) is 6.07 Å². The highest BCUT2D eigenvalue weighted by atomic mass is 16.5. The molecule has 9 heteroatoms. The summed E-state index contributed by atoms with van der Waals surface area (Å²) < 4.78 is 20.5. The second kappa shape index (κ2) is 30.7. The fourth-order valence-electron chi connectivity index (χ4n) is 18.7. The van der Waals surface area contributed by atoms with Crippen LogP contribution in [0.4, 0.5) is 56.9 Å². The van der Waals surface area contributed by atoms with Crippen molar-refractivity contribution in [3.63, 3.8) is 0 Å². The lowest BCUT2D eigenvalue weighted by Crippen LogP contribution is -2.10. The Bertz CT molecular complexity index is 8070. The van der Waals surface area contributed by atoms with Gasteiger partial charge in [0.2, 0.25) is 11.8 Å². The van der Waals surface area contributed by atoms with Crippen LogP contribution in [0.2, 0.25) is 0 Å². The summed E-state index contributed by atoms with van der Waals surface area (Å²) in [5.74, 6) is 2.03. The summed E-state index contributed by atoms with van der Waals surface area (Å²) in [6.45, 7) is 0. The number of ether oxygens (including phenoxy) is 1. The zero-order valence-corrected chi connectivity index (χ0v) is 68.3. The minimum absolute atomic E-state index is 0.296. The minimum Gasteiger partial charge on any atom is -0.464 e. The largest absolute Gasteiger partial charge is 0.464 e. The molecule has 1 aliphatic heterocycles. The van der Waals surface area contributed by atoms with E-state index in [4.69, 9.17) is 23.5 Å². The first-order chi connectivity index (χ1) is 62.4. The first kappa shape index (κ1) is 73.1. The molecule has 0 fully saturated rings. The Morgan fingerprint density at radius 2 is 0.484 bits per heavy atom. The van der Waals surface area contributed by atoms with Crippen molar-refractivity contribution in [1.29, 1.82) is 0 Å². The molecule has 0 radical (unpaired) electrons. The first-order valence-corrected chi connectivity index (χ1v) is 42.7. The monoisotopic (exact) mass is 1610 g/mol. The summed E-state index contributed by atoms with van der Waals surface area (Å²) in [7, 11) is 0. The van der Waals surface area contributed by atoms with Crippen LogP contribution in [0.15, 0.2) is 458 Å². The SMILES string of the molecule is c1ccc(-c2ccc(N(c3ccc(-c4cccc(-c5cccc(-c6nc7c8ccc(N(c9ccccc9)c9ccc(-c%10ccc(-c%11ccc(-c%12nc%13c%14ccc(N(c%15ccccc%15)c%15ccccc%15)cc%14c%14ccccc%14c%13o%12)cc%11)cc%10)cc9)cc8c8ccccc8c7o6)c5)c4)cc3)c3ccc4c5c(c6ccccc6c4c3)OC(c3ccccc3)N5)cc2)cc1. The average Bonchev–Trinajstić information content (AvgIpc) is 1.52. The average molecular weight is 1610 g/mol. The van der Waals surface area contributed by atoms with E-state index in [2.05, 4.69) is 463 Å². The zero-order chi connectivity index (χ0) is 83.1. The van der Waals surface area contributed by atoms with Crippen molar-refractivity contribution in [2.75, 3.05) is 20.0 Å². The summed E-state index contributed by atoms with van der Waals surface area (Å²) in [6, 6.07) is 160. The van der Waals surface area contributed by atoms with Crippen molar-refractivity contribution in [3.05, 3.63) is 454 Å². The van der Waals surface area contributed by atoms with Gasteiger partial charge in [-0.15, -0.1) is 0 Å². The maximum Gasteiger partial charge on any atom is 0.227 e. The Morgan fingerprint density at radius 1 is 0.198 bits per heavy atom. The van der Waals surface area contributed by atoms with Gasteiger partial charge in [-0.1, -0.05) is 297 Å². The molecule has 0 aliphatic carbocycles. The molecule has 0 bridgehead atoms. The lowest BCUT2D eigenvalue weighted by atomic mass is 9.97. The number of oxazole rings is 2. The second-order valence-electron chi connectivity index (χ2n) is 32.3. The first-order valence-electron chi connectivity index (χ1n) is 42.7. The predicted molar refractivity (Wildman–Crippen MR) is 522 cm³/mol. The lowest BCUT2D eigenvalue weighted by Gasteiger charge is -2.26. The van der Waals surface area contributed by atoms with Crippen molar-refractivity contribution in [1.82, 2.24) is 9.97 Å². The molecule has 1 aliphatic rings.